The first kappa shape index (κ1) is 17.7. The number of nitro benzene ring substituents is 1. The summed E-state index contributed by atoms with van der Waals surface area (Å²) >= 11 is 6.17. The number of carboxylic acids is 1. The molecule has 0 aromatic heterocycles. The third-order valence-electron chi connectivity index (χ3n) is 2.94. The number of ether oxygens (including phenoxy) is 1. The second-order valence-electron chi connectivity index (χ2n) is 4.49. The van der Waals surface area contributed by atoms with E-state index in [4.69, 9.17) is 22.1 Å². The van der Waals surface area contributed by atoms with Crippen molar-refractivity contribution in [3.63, 3.8) is 0 Å². The second-order valence-corrected chi connectivity index (χ2v) is 6.21. The van der Waals surface area contributed by atoms with Gasteiger partial charge in [0, 0.05) is 11.8 Å². The summed E-state index contributed by atoms with van der Waals surface area (Å²) in [6.45, 7) is 0. The van der Waals surface area contributed by atoms with Gasteiger partial charge < -0.3 is 15.2 Å². The van der Waals surface area contributed by atoms with Crippen LogP contribution in [-0.2, 0) is 0 Å². The zero-order chi connectivity index (χ0) is 17.7. The van der Waals surface area contributed by atoms with E-state index in [1.165, 1.54) is 12.1 Å². The largest absolute Gasteiger partial charge is 0.497 e. The van der Waals surface area contributed by atoms with Gasteiger partial charge in [0.2, 0.25) is 0 Å². The number of nitrogens with one attached hydrogen (secondary N) is 1. The Balaban J connectivity index is 2.15. The van der Waals surface area contributed by atoms with Crippen molar-refractivity contribution < 1.29 is 19.6 Å². The van der Waals surface area contributed by atoms with Crippen molar-refractivity contribution in [1.82, 2.24) is 0 Å². The molecular weight excluding hydrogens is 352 g/mol. The van der Waals surface area contributed by atoms with Crippen LogP contribution in [0.5, 0.6) is 5.75 Å². The molecule has 124 valence electrons. The maximum atomic E-state index is 11.1. The molecule has 0 atom stereocenters. The lowest BCUT2D eigenvalue weighted by Crippen LogP contribution is -2.05. The minimum absolute atomic E-state index is 0.153. The van der Waals surface area contributed by atoms with Crippen LogP contribution in [0.25, 0.3) is 0 Å². The number of hydrogen-bond donors (Lipinski definition) is 2. The minimum atomic E-state index is -1.23. The molecule has 0 spiro atoms. The van der Waals surface area contributed by atoms with Crippen LogP contribution in [0.3, 0.4) is 0 Å². The number of hydrogen-bond acceptors (Lipinski definition) is 6. The van der Waals surface area contributed by atoms with Crippen LogP contribution in [0.1, 0.15) is 10.4 Å². The number of methoxy groups -OCH3 is 1. The predicted molar refractivity (Wildman–Crippen MR) is 95.1 cm³/mol. The number of carboxylic acid groups (broad SMARTS) is 1. The van der Waals surface area contributed by atoms with Crippen molar-refractivity contribution in [2.24, 2.45) is 0 Å². The standard InChI is InChI=1S/C15H12N2O5S2/c1-22-11-5-3-10(4-6-11)16-15(23)24-13-7-2-9(14(18)19)8-12(13)17(20)21/h2-8H,1H3,(H,16,23)(H,18,19). The Labute approximate surface area is 146 Å². The SMILES string of the molecule is COc1ccc(NC(=S)Sc2ccc(C(=O)O)cc2[N+](=O)[O-])cc1. The van der Waals surface area contributed by atoms with Crippen LogP contribution in [-0.4, -0.2) is 27.4 Å². The van der Waals surface area contributed by atoms with E-state index in [1.54, 1.807) is 31.4 Å². The van der Waals surface area contributed by atoms with Crippen LogP contribution in [0, 0.1) is 10.1 Å². The molecule has 0 heterocycles. The number of nitrogens with zero attached hydrogens (tertiary/aromatic N) is 1. The summed E-state index contributed by atoms with van der Waals surface area (Å²) in [6, 6.07) is 10.7. The van der Waals surface area contributed by atoms with Crippen molar-refractivity contribution in [3.8, 4) is 5.75 Å². The molecule has 24 heavy (non-hydrogen) atoms. The van der Waals surface area contributed by atoms with Gasteiger partial charge in [-0.3, -0.25) is 10.1 Å². The molecule has 2 rings (SSSR count). The molecule has 0 unspecified atom stereocenters. The highest BCUT2D eigenvalue weighted by Crippen LogP contribution is 2.31. The molecule has 0 amide bonds. The van der Waals surface area contributed by atoms with Gasteiger partial charge in [0.1, 0.15) is 10.1 Å². The van der Waals surface area contributed by atoms with E-state index in [1.807, 2.05) is 0 Å². The number of aromatic carboxylic acids is 1. The molecule has 0 aliphatic carbocycles. The maximum absolute atomic E-state index is 11.1. The number of anilines is 1. The third-order valence-corrected chi connectivity index (χ3v) is 4.15. The molecule has 7 nitrogen and oxygen atoms in total. The lowest BCUT2D eigenvalue weighted by molar-refractivity contribution is -0.387. The lowest BCUT2D eigenvalue weighted by Gasteiger charge is -2.09. The van der Waals surface area contributed by atoms with Gasteiger partial charge in [-0.1, -0.05) is 24.0 Å². The van der Waals surface area contributed by atoms with Crippen LogP contribution in [0.4, 0.5) is 11.4 Å². The Kier molecular flexibility index (Phi) is 5.72. The van der Waals surface area contributed by atoms with E-state index in [-0.39, 0.29) is 16.1 Å². The highest BCUT2D eigenvalue weighted by atomic mass is 32.2. The van der Waals surface area contributed by atoms with Crippen molar-refractivity contribution >= 4 is 45.6 Å². The molecule has 2 aromatic rings. The Morgan fingerprint density at radius 1 is 1.29 bits per heavy atom. The molecule has 0 saturated heterocycles. The summed E-state index contributed by atoms with van der Waals surface area (Å²) in [4.78, 5) is 21.7. The molecule has 0 aliphatic rings. The number of carbonyl (C=O) groups is 1. The summed E-state index contributed by atoms with van der Waals surface area (Å²) in [7, 11) is 1.56. The third kappa shape index (κ3) is 4.43. The molecule has 9 heteroatoms. The normalized spacial score (nSPS) is 10.0. The zero-order valence-corrected chi connectivity index (χ0v) is 14.0. The second kappa shape index (κ2) is 7.75. The summed E-state index contributed by atoms with van der Waals surface area (Å²) in [6.07, 6.45) is 0. The van der Waals surface area contributed by atoms with Crippen LogP contribution >= 0.6 is 24.0 Å². The van der Waals surface area contributed by atoms with Gasteiger partial charge in [-0.2, -0.15) is 0 Å². The Morgan fingerprint density at radius 2 is 1.96 bits per heavy atom. The van der Waals surface area contributed by atoms with E-state index in [9.17, 15) is 14.9 Å². The zero-order valence-electron chi connectivity index (χ0n) is 12.4. The first-order valence-electron chi connectivity index (χ1n) is 6.55. The number of thioether (sulfide) groups is 1. The van der Waals surface area contributed by atoms with Gasteiger partial charge in [0.15, 0.2) is 0 Å². The van der Waals surface area contributed by atoms with Crippen molar-refractivity contribution in [3.05, 3.63) is 58.1 Å². The minimum Gasteiger partial charge on any atom is -0.497 e. The number of rotatable bonds is 5. The van der Waals surface area contributed by atoms with Crippen LogP contribution in [0.15, 0.2) is 47.4 Å². The molecule has 0 saturated carbocycles. The highest BCUT2D eigenvalue weighted by Gasteiger charge is 2.19. The predicted octanol–water partition coefficient (Wildman–Crippen LogP) is 3.79. The summed E-state index contributed by atoms with van der Waals surface area (Å²) in [5, 5.41) is 23.0. The fourth-order valence-corrected chi connectivity index (χ4v) is 2.93. The topological polar surface area (TPSA) is 102 Å². The average molecular weight is 364 g/mol. The first-order chi connectivity index (χ1) is 11.4. The van der Waals surface area contributed by atoms with Crippen LogP contribution in [0.2, 0.25) is 0 Å². The van der Waals surface area contributed by atoms with E-state index in [0.29, 0.717) is 15.8 Å². The Hall–Kier alpha value is -2.65. The van der Waals surface area contributed by atoms with Gasteiger partial charge in [-0.05, 0) is 36.4 Å². The molecular formula is C15H12N2O5S2. The van der Waals surface area contributed by atoms with E-state index < -0.39 is 10.9 Å². The fourth-order valence-electron chi connectivity index (χ4n) is 1.80. The molecule has 2 N–H and O–H groups in total. The monoisotopic (exact) mass is 364 g/mol. The maximum Gasteiger partial charge on any atom is 0.335 e. The molecule has 2 aromatic carbocycles. The average Bonchev–Trinajstić information content (AvgIpc) is 2.55. The lowest BCUT2D eigenvalue weighted by atomic mass is 10.2. The van der Waals surface area contributed by atoms with Gasteiger partial charge in [0.05, 0.1) is 22.5 Å². The van der Waals surface area contributed by atoms with E-state index in [2.05, 4.69) is 5.32 Å². The van der Waals surface area contributed by atoms with Gasteiger partial charge >= 0.3 is 5.97 Å². The Morgan fingerprint density at radius 3 is 2.50 bits per heavy atom. The van der Waals surface area contributed by atoms with Gasteiger partial charge in [0.25, 0.3) is 5.69 Å². The van der Waals surface area contributed by atoms with E-state index >= 15 is 0 Å². The molecule has 0 fully saturated rings. The van der Waals surface area contributed by atoms with Gasteiger partial charge in [-0.15, -0.1) is 0 Å². The summed E-state index contributed by atoms with van der Waals surface area (Å²) in [5.74, 6) is -0.535. The first-order valence-corrected chi connectivity index (χ1v) is 7.78. The van der Waals surface area contributed by atoms with E-state index in [0.717, 1.165) is 17.8 Å². The summed E-state index contributed by atoms with van der Waals surface area (Å²) < 4.78 is 5.35. The van der Waals surface area contributed by atoms with Crippen LogP contribution < -0.4 is 10.1 Å². The number of nitro groups is 1. The highest BCUT2D eigenvalue weighted by molar-refractivity contribution is 8.23. The summed E-state index contributed by atoms with van der Waals surface area (Å²) in [5.41, 5.74) is 0.247. The van der Waals surface area contributed by atoms with Crippen molar-refractivity contribution in [2.75, 3.05) is 12.4 Å². The van der Waals surface area contributed by atoms with Crippen molar-refractivity contribution in [1.29, 1.82) is 0 Å². The molecule has 0 bridgehead atoms. The number of benzene rings is 2. The molecule has 0 aliphatic heterocycles. The smallest absolute Gasteiger partial charge is 0.335 e. The fraction of sp³-hybridized carbons (Fsp3) is 0.0667. The quantitative estimate of drug-likeness (QED) is 0.358. The van der Waals surface area contributed by atoms with Crippen molar-refractivity contribution in [2.45, 2.75) is 4.90 Å². The number of thiocarbonyl (C=S) groups is 1. The molecule has 0 radical (unpaired) electrons. The Bertz CT molecular complexity index is 793. The van der Waals surface area contributed by atoms with Gasteiger partial charge in [-0.25, -0.2) is 4.79 Å².